The van der Waals surface area contributed by atoms with Gasteiger partial charge in [-0.3, -0.25) is 4.79 Å². The van der Waals surface area contributed by atoms with Crippen LogP contribution in [0.3, 0.4) is 0 Å². The van der Waals surface area contributed by atoms with Crippen molar-refractivity contribution in [2.24, 2.45) is 11.3 Å². The van der Waals surface area contributed by atoms with Crippen LogP contribution in [0, 0.1) is 11.3 Å². The predicted molar refractivity (Wildman–Crippen MR) is 88.2 cm³/mol. The van der Waals surface area contributed by atoms with Crippen LogP contribution in [0.1, 0.15) is 70.6 Å². The molecule has 0 aromatic rings. The molecule has 0 aromatic heterocycles. The minimum absolute atomic E-state index is 0.0124. The van der Waals surface area contributed by atoms with Crippen molar-refractivity contribution in [1.82, 2.24) is 10.2 Å². The number of carbonyl (C=O) groups excluding carboxylic acids is 1. The van der Waals surface area contributed by atoms with E-state index in [4.69, 9.17) is 5.11 Å². The first-order chi connectivity index (χ1) is 11.1. The standard InChI is InChI=1S/C18H30N2O3/c21-16(22)14-6-12-20(13-7-14)17(23)19-15-4-10-18(11-5-15)8-2-1-3-9-18/h14-15H,1-13H2,(H,19,23)(H,21,22). The molecule has 2 aliphatic carbocycles. The molecule has 1 spiro atoms. The minimum Gasteiger partial charge on any atom is -0.481 e. The van der Waals surface area contributed by atoms with Crippen molar-refractivity contribution >= 4 is 12.0 Å². The van der Waals surface area contributed by atoms with Crippen molar-refractivity contribution in [1.29, 1.82) is 0 Å². The molecule has 1 aliphatic heterocycles. The first-order valence-electron chi connectivity index (χ1n) is 9.36. The predicted octanol–water partition coefficient (Wildman–Crippen LogP) is 3.39. The zero-order valence-corrected chi connectivity index (χ0v) is 14.1. The fraction of sp³-hybridized carbons (Fsp3) is 0.889. The molecule has 2 N–H and O–H groups in total. The molecule has 0 radical (unpaired) electrons. The lowest BCUT2D eigenvalue weighted by atomic mass is 9.64. The molecule has 1 heterocycles. The van der Waals surface area contributed by atoms with E-state index in [2.05, 4.69) is 5.32 Å². The molecule has 3 aliphatic rings. The van der Waals surface area contributed by atoms with Crippen LogP contribution in [0.2, 0.25) is 0 Å². The molecule has 0 bridgehead atoms. The van der Waals surface area contributed by atoms with Crippen molar-refractivity contribution in [3.05, 3.63) is 0 Å². The van der Waals surface area contributed by atoms with Gasteiger partial charge in [0.05, 0.1) is 5.92 Å². The number of nitrogens with zero attached hydrogens (tertiary/aromatic N) is 1. The van der Waals surface area contributed by atoms with Gasteiger partial charge >= 0.3 is 12.0 Å². The third kappa shape index (κ3) is 3.99. The molecule has 2 saturated carbocycles. The number of rotatable bonds is 2. The van der Waals surface area contributed by atoms with Crippen LogP contribution in [0.4, 0.5) is 4.79 Å². The van der Waals surface area contributed by atoms with Gasteiger partial charge in [-0.05, 0) is 56.8 Å². The van der Waals surface area contributed by atoms with E-state index in [9.17, 15) is 9.59 Å². The lowest BCUT2D eigenvalue weighted by Gasteiger charge is -2.43. The molecule has 0 aromatic carbocycles. The summed E-state index contributed by atoms with van der Waals surface area (Å²) >= 11 is 0. The largest absolute Gasteiger partial charge is 0.481 e. The summed E-state index contributed by atoms with van der Waals surface area (Å²) < 4.78 is 0. The van der Waals surface area contributed by atoms with Crippen LogP contribution >= 0.6 is 0 Å². The van der Waals surface area contributed by atoms with Gasteiger partial charge in [0.1, 0.15) is 0 Å². The molecule has 3 fully saturated rings. The number of aliphatic carboxylic acids is 1. The number of hydrogen-bond donors (Lipinski definition) is 2. The molecular formula is C18H30N2O3. The summed E-state index contributed by atoms with van der Waals surface area (Å²) in [6.07, 6.45) is 12.8. The quantitative estimate of drug-likeness (QED) is 0.819. The van der Waals surface area contributed by atoms with Crippen LogP contribution in [-0.2, 0) is 4.79 Å². The number of urea groups is 1. The summed E-state index contributed by atoms with van der Waals surface area (Å²) in [6, 6.07) is 0.325. The molecule has 5 nitrogen and oxygen atoms in total. The fourth-order valence-corrected chi connectivity index (χ4v) is 4.77. The van der Waals surface area contributed by atoms with Gasteiger partial charge in [0.15, 0.2) is 0 Å². The molecular weight excluding hydrogens is 292 g/mol. The molecule has 0 atom stereocenters. The first kappa shape index (κ1) is 16.6. The Hall–Kier alpha value is -1.26. The van der Waals surface area contributed by atoms with E-state index >= 15 is 0 Å². The van der Waals surface area contributed by atoms with Crippen molar-refractivity contribution in [2.45, 2.75) is 76.7 Å². The highest BCUT2D eigenvalue weighted by atomic mass is 16.4. The lowest BCUT2D eigenvalue weighted by Crippen LogP contribution is -2.50. The van der Waals surface area contributed by atoms with Crippen LogP contribution < -0.4 is 5.32 Å². The number of hydrogen-bond acceptors (Lipinski definition) is 2. The van der Waals surface area contributed by atoms with Gasteiger partial charge in [-0.25, -0.2) is 4.79 Å². The number of carboxylic acid groups (broad SMARTS) is 1. The smallest absolute Gasteiger partial charge is 0.317 e. The van der Waals surface area contributed by atoms with E-state index in [1.807, 2.05) is 0 Å². The van der Waals surface area contributed by atoms with Gasteiger partial charge < -0.3 is 15.3 Å². The molecule has 2 amide bonds. The van der Waals surface area contributed by atoms with Crippen LogP contribution in [-0.4, -0.2) is 41.1 Å². The van der Waals surface area contributed by atoms with Gasteiger partial charge in [-0.15, -0.1) is 0 Å². The van der Waals surface area contributed by atoms with Crippen molar-refractivity contribution in [3.8, 4) is 0 Å². The maximum absolute atomic E-state index is 12.4. The molecule has 1 saturated heterocycles. The molecule has 130 valence electrons. The Morgan fingerprint density at radius 2 is 1.52 bits per heavy atom. The summed E-state index contributed by atoms with van der Waals surface area (Å²) in [5, 5.41) is 12.2. The Labute approximate surface area is 138 Å². The minimum atomic E-state index is -0.727. The second kappa shape index (κ2) is 7.10. The second-order valence-electron chi connectivity index (χ2n) is 7.88. The Morgan fingerprint density at radius 3 is 2.09 bits per heavy atom. The number of likely N-dealkylation sites (tertiary alicyclic amines) is 1. The Kier molecular flexibility index (Phi) is 5.12. The van der Waals surface area contributed by atoms with Crippen molar-refractivity contribution in [2.75, 3.05) is 13.1 Å². The SMILES string of the molecule is O=C(O)C1CCN(C(=O)NC2CCC3(CCCCC3)CC2)CC1. The van der Waals surface area contributed by atoms with Crippen molar-refractivity contribution < 1.29 is 14.7 Å². The van der Waals surface area contributed by atoms with E-state index in [0.717, 1.165) is 12.8 Å². The van der Waals surface area contributed by atoms with Gasteiger partial charge in [0.25, 0.3) is 0 Å². The van der Waals surface area contributed by atoms with Crippen molar-refractivity contribution in [3.63, 3.8) is 0 Å². The van der Waals surface area contributed by atoms with E-state index in [-0.39, 0.29) is 11.9 Å². The van der Waals surface area contributed by atoms with Crippen LogP contribution in [0.15, 0.2) is 0 Å². The number of carbonyl (C=O) groups is 2. The summed E-state index contributed by atoms with van der Waals surface area (Å²) in [6.45, 7) is 1.14. The zero-order chi connectivity index (χ0) is 16.3. The number of nitrogens with one attached hydrogen (secondary N) is 1. The topological polar surface area (TPSA) is 69.6 Å². The average Bonchev–Trinajstić information content (AvgIpc) is 2.58. The lowest BCUT2D eigenvalue weighted by molar-refractivity contribution is -0.143. The van der Waals surface area contributed by atoms with Gasteiger partial charge in [0.2, 0.25) is 0 Å². The number of carboxylic acids is 1. The third-order valence-corrected chi connectivity index (χ3v) is 6.42. The Morgan fingerprint density at radius 1 is 0.913 bits per heavy atom. The van der Waals surface area contributed by atoms with Crippen LogP contribution in [0.25, 0.3) is 0 Å². The molecule has 0 unspecified atom stereocenters. The Balaban J connectivity index is 1.42. The van der Waals surface area contributed by atoms with E-state index in [0.29, 0.717) is 37.4 Å². The molecule has 3 rings (SSSR count). The summed E-state index contributed by atoms with van der Waals surface area (Å²) in [5.74, 6) is -1.00. The summed E-state index contributed by atoms with van der Waals surface area (Å²) in [7, 11) is 0. The van der Waals surface area contributed by atoms with Gasteiger partial charge in [0, 0.05) is 19.1 Å². The normalized spacial score (nSPS) is 26.2. The number of piperidine rings is 1. The van der Waals surface area contributed by atoms with Gasteiger partial charge in [-0.1, -0.05) is 19.3 Å². The highest BCUT2D eigenvalue weighted by molar-refractivity contribution is 5.75. The highest BCUT2D eigenvalue weighted by Gasteiger charge is 2.37. The monoisotopic (exact) mass is 322 g/mol. The maximum atomic E-state index is 12.4. The fourth-order valence-electron chi connectivity index (χ4n) is 4.77. The molecule has 5 heteroatoms. The average molecular weight is 322 g/mol. The third-order valence-electron chi connectivity index (χ3n) is 6.42. The van der Waals surface area contributed by atoms with Gasteiger partial charge in [-0.2, -0.15) is 0 Å². The maximum Gasteiger partial charge on any atom is 0.317 e. The van der Waals surface area contributed by atoms with E-state index in [1.54, 1.807) is 4.90 Å². The first-order valence-corrected chi connectivity index (χ1v) is 9.36. The molecule has 23 heavy (non-hydrogen) atoms. The van der Waals surface area contributed by atoms with Crippen LogP contribution in [0.5, 0.6) is 0 Å². The van der Waals surface area contributed by atoms with E-state index < -0.39 is 5.97 Å². The summed E-state index contributed by atoms with van der Waals surface area (Å²) in [4.78, 5) is 25.2. The highest BCUT2D eigenvalue weighted by Crippen LogP contribution is 2.47. The Bertz CT molecular complexity index is 428. The van der Waals surface area contributed by atoms with E-state index in [1.165, 1.54) is 44.9 Å². The second-order valence-corrected chi connectivity index (χ2v) is 7.88. The zero-order valence-electron chi connectivity index (χ0n) is 14.1. The number of amides is 2. The summed E-state index contributed by atoms with van der Waals surface area (Å²) in [5.41, 5.74) is 0.583.